The van der Waals surface area contributed by atoms with E-state index < -0.39 is 0 Å². The van der Waals surface area contributed by atoms with Crippen LogP contribution in [-0.2, 0) is 0 Å². The summed E-state index contributed by atoms with van der Waals surface area (Å²) in [5.41, 5.74) is 3.63. The van der Waals surface area contributed by atoms with Crippen LogP contribution in [0.25, 0.3) is 11.0 Å². The molecular formula is C14H16N2. The molecule has 4 rings (SSSR count). The van der Waals surface area contributed by atoms with E-state index in [2.05, 4.69) is 30.1 Å². The van der Waals surface area contributed by atoms with Crippen molar-refractivity contribution in [3.63, 3.8) is 0 Å². The lowest BCUT2D eigenvalue weighted by Crippen LogP contribution is -1.97. The van der Waals surface area contributed by atoms with Crippen molar-refractivity contribution < 1.29 is 0 Å². The first kappa shape index (κ1) is 8.80. The maximum atomic E-state index is 4.74. The van der Waals surface area contributed by atoms with E-state index in [1.807, 2.05) is 0 Å². The molecule has 1 aromatic carbocycles. The van der Waals surface area contributed by atoms with Gasteiger partial charge in [0.25, 0.3) is 0 Å². The molecule has 0 saturated heterocycles. The largest absolute Gasteiger partial charge is 0.342 e. The number of aromatic nitrogens is 2. The summed E-state index contributed by atoms with van der Waals surface area (Å²) < 4.78 is 0. The molecule has 0 amide bonds. The van der Waals surface area contributed by atoms with Crippen molar-refractivity contribution in [2.45, 2.75) is 32.1 Å². The van der Waals surface area contributed by atoms with E-state index in [0.717, 1.165) is 17.4 Å². The fourth-order valence-corrected chi connectivity index (χ4v) is 3.27. The predicted octanol–water partition coefficient (Wildman–Crippen LogP) is 3.38. The summed E-state index contributed by atoms with van der Waals surface area (Å²) in [4.78, 5) is 8.24. The number of nitrogens with zero attached hydrogens (tertiary/aromatic N) is 1. The molecule has 2 aliphatic rings. The Bertz CT molecular complexity index is 545. The highest BCUT2D eigenvalue weighted by Crippen LogP contribution is 2.57. The topological polar surface area (TPSA) is 28.7 Å². The fourth-order valence-electron chi connectivity index (χ4n) is 3.27. The SMILES string of the molecule is Cc1ccc2nc(C3CC4CC4C3)[nH]c2c1. The second-order valence-electron chi connectivity index (χ2n) is 5.57. The zero-order valence-corrected chi connectivity index (χ0v) is 9.53. The molecule has 1 heterocycles. The number of fused-ring (bicyclic) bond motifs is 2. The standard InChI is InChI=1S/C14H16N2/c1-8-2-3-12-13(4-8)16-14(15-12)11-6-9-5-10(9)7-11/h2-4,9-11H,5-7H2,1H3,(H,15,16). The second-order valence-corrected chi connectivity index (χ2v) is 5.57. The minimum atomic E-state index is 0.705. The van der Waals surface area contributed by atoms with Gasteiger partial charge in [-0.05, 0) is 55.7 Å². The number of benzene rings is 1. The number of H-pyrrole nitrogens is 1. The first-order chi connectivity index (χ1) is 7.79. The molecule has 2 heteroatoms. The van der Waals surface area contributed by atoms with E-state index in [1.165, 1.54) is 36.2 Å². The Morgan fingerprint density at radius 1 is 1.19 bits per heavy atom. The fraction of sp³-hybridized carbons (Fsp3) is 0.500. The van der Waals surface area contributed by atoms with Crippen LogP contribution in [0, 0.1) is 18.8 Å². The molecule has 2 nitrogen and oxygen atoms in total. The number of imidazole rings is 1. The third kappa shape index (κ3) is 1.22. The van der Waals surface area contributed by atoms with Crippen LogP contribution >= 0.6 is 0 Å². The number of hydrogen-bond donors (Lipinski definition) is 1. The van der Waals surface area contributed by atoms with Gasteiger partial charge >= 0.3 is 0 Å². The van der Waals surface area contributed by atoms with Gasteiger partial charge < -0.3 is 4.98 Å². The first-order valence-corrected chi connectivity index (χ1v) is 6.26. The lowest BCUT2D eigenvalue weighted by atomic mass is 10.0. The lowest BCUT2D eigenvalue weighted by Gasteiger charge is -2.06. The molecule has 1 N–H and O–H groups in total. The third-order valence-electron chi connectivity index (χ3n) is 4.29. The Morgan fingerprint density at radius 2 is 2.00 bits per heavy atom. The number of aromatic amines is 1. The molecule has 1 aromatic heterocycles. The van der Waals surface area contributed by atoms with Crippen molar-refractivity contribution in [3.05, 3.63) is 29.6 Å². The predicted molar refractivity (Wildman–Crippen MR) is 64.4 cm³/mol. The van der Waals surface area contributed by atoms with Crippen LogP contribution in [0.2, 0.25) is 0 Å². The summed E-state index contributed by atoms with van der Waals surface area (Å²) in [7, 11) is 0. The summed E-state index contributed by atoms with van der Waals surface area (Å²) in [6.07, 6.45) is 4.21. The highest BCUT2D eigenvalue weighted by atomic mass is 14.9. The highest BCUT2D eigenvalue weighted by molar-refractivity contribution is 5.75. The molecular weight excluding hydrogens is 196 g/mol. The molecule has 0 aliphatic heterocycles. The van der Waals surface area contributed by atoms with Gasteiger partial charge in [-0.25, -0.2) is 4.98 Å². The van der Waals surface area contributed by atoms with Gasteiger partial charge in [0.05, 0.1) is 11.0 Å². The van der Waals surface area contributed by atoms with Crippen molar-refractivity contribution in [3.8, 4) is 0 Å². The van der Waals surface area contributed by atoms with Gasteiger partial charge in [0.1, 0.15) is 5.82 Å². The van der Waals surface area contributed by atoms with Crippen LogP contribution in [0.4, 0.5) is 0 Å². The molecule has 82 valence electrons. The molecule has 2 saturated carbocycles. The van der Waals surface area contributed by atoms with Gasteiger partial charge in [-0.2, -0.15) is 0 Å². The minimum absolute atomic E-state index is 0.705. The molecule has 0 bridgehead atoms. The summed E-state index contributed by atoms with van der Waals surface area (Å²) in [5.74, 6) is 3.99. The van der Waals surface area contributed by atoms with E-state index >= 15 is 0 Å². The average Bonchev–Trinajstić information content (AvgIpc) is 2.75. The molecule has 0 spiro atoms. The van der Waals surface area contributed by atoms with Crippen molar-refractivity contribution in [1.29, 1.82) is 0 Å². The van der Waals surface area contributed by atoms with Gasteiger partial charge in [0.2, 0.25) is 0 Å². The smallest absolute Gasteiger partial charge is 0.110 e. The molecule has 2 atom stereocenters. The summed E-state index contributed by atoms with van der Waals surface area (Å²) in [5, 5.41) is 0. The molecule has 2 unspecified atom stereocenters. The molecule has 0 radical (unpaired) electrons. The highest BCUT2D eigenvalue weighted by Gasteiger charge is 2.46. The van der Waals surface area contributed by atoms with Gasteiger partial charge in [0.15, 0.2) is 0 Å². The maximum absolute atomic E-state index is 4.74. The zero-order valence-electron chi connectivity index (χ0n) is 9.53. The average molecular weight is 212 g/mol. The Balaban J connectivity index is 1.75. The second kappa shape index (κ2) is 2.88. The molecule has 16 heavy (non-hydrogen) atoms. The van der Waals surface area contributed by atoms with Gasteiger partial charge in [0, 0.05) is 5.92 Å². The van der Waals surface area contributed by atoms with Gasteiger partial charge in [-0.15, -0.1) is 0 Å². The Kier molecular flexibility index (Phi) is 1.58. The van der Waals surface area contributed by atoms with E-state index in [4.69, 9.17) is 4.98 Å². The molecule has 2 aromatic rings. The minimum Gasteiger partial charge on any atom is -0.342 e. The van der Waals surface area contributed by atoms with Crippen LogP contribution < -0.4 is 0 Å². The Labute approximate surface area is 95.1 Å². The van der Waals surface area contributed by atoms with Crippen molar-refractivity contribution >= 4 is 11.0 Å². The van der Waals surface area contributed by atoms with E-state index in [-0.39, 0.29) is 0 Å². The molecule has 2 fully saturated rings. The summed E-state index contributed by atoms with van der Waals surface area (Å²) >= 11 is 0. The van der Waals surface area contributed by atoms with Gasteiger partial charge in [-0.3, -0.25) is 0 Å². The normalized spacial score (nSPS) is 31.9. The number of aryl methyl sites for hydroxylation is 1. The number of rotatable bonds is 1. The monoisotopic (exact) mass is 212 g/mol. The van der Waals surface area contributed by atoms with Crippen LogP contribution in [-0.4, -0.2) is 9.97 Å². The zero-order chi connectivity index (χ0) is 10.7. The van der Waals surface area contributed by atoms with Crippen LogP contribution in [0.3, 0.4) is 0 Å². The van der Waals surface area contributed by atoms with Crippen LogP contribution in [0.1, 0.15) is 36.6 Å². The first-order valence-electron chi connectivity index (χ1n) is 6.26. The van der Waals surface area contributed by atoms with Gasteiger partial charge in [-0.1, -0.05) is 6.07 Å². The maximum Gasteiger partial charge on any atom is 0.110 e. The van der Waals surface area contributed by atoms with Crippen LogP contribution in [0.15, 0.2) is 18.2 Å². The van der Waals surface area contributed by atoms with Crippen molar-refractivity contribution in [1.82, 2.24) is 9.97 Å². The van der Waals surface area contributed by atoms with E-state index in [0.29, 0.717) is 5.92 Å². The van der Waals surface area contributed by atoms with Crippen molar-refractivity contribution in [2.24, 2.45) is 11.8 Å². The Morgan fingerprint density at radius 3 is 2.81 bits per heavy atom. The number of nitrogens with one attached hydrogen (secondary N) is 1. The summed E-state index contributed by atoms with van der Waals surface area (Å²) in [6, 6.07) is 6.46. The van der Waals surface area contributed by atoms with Crippen molar-refractivity contribution in [2.75, 3.05) is 0 Å². The Hall–Kier alpha value is -1.31. The van der Waals surface area contributed by atoms with E-state index in [9.17, 15) is 0 Å². The number of hydrogen-bond acceptors (Lipinski definition) is 1. The lowest BCUT2D eigenvalue weighted by molar-refractivity contribution is 0.597. The van der Waals surface area contributed by atoms with E-state index in [1.54, 1.807) is 0 Å². The third-order valence-corrected chi connectivity index (χ3v) is 4.29. The molecule has 2 aliphatic carbocycles. The van der Waals surface area contributed by atoms with Crippen LogP contribution in [0.5, 0.6) is 0 Å². The summed E-state index contributed by atoms with van der Waals surface area (Å²) in [6.45, 7) is 2.13. The quantitative estimate of drug-likeness (QED) is 0.771.